The summed E-state index contributed by atoms with van der Waals surface area (Å²) in [6, 6.07) is 10.3. The van der Waals surface area contributed by atoms with Gasteiger partial charge in [0.05, 0.1) is 29.0 Å². The number of hydrogen-bond acceptors (Lipinski definition) is 4. The Morgan fingerprint density at radius 3 is 2.93 bits per heavy atom. The highest BCUT2D eigenvalue weighted by Crippen LogP contribution is 2.31. The van der Waals surface area contributed by atoms with Gasteiger partial charge in [-0.3, -0.25) is 4.79 Å². The SMILES string of the molecule is C=CCn1c(SCC(=O)Nc2ccnn2C2CCCC2)nc2ccccc21. The first-order valence-corrected chi connectivity index (χ1v) is 10.3. The average molecular weight is 382 g/mol. The summed E-state index contributed by atoms with van der Waals surface area (Å²) in [5, 5.41) is 8.24. The van der Waals surface area contributed by atoms with Crippen molar-refractivity contribution >= 4 is 34.5 Å². The molecule has 2 aromatic heterocycles. The van der Waals surface area contributed by atoms with Crippen LogP contribution in [0.2, 0.25) is 0 Å². The lowest BCUT2D eigenvalue weighted by Gasteiger charge is -2.14. The number of imidazole rings is 1. The smallest absolute Gasteiger partial charge is 0.235 e. The monoisotopic (exact) mass is 381 g/mol. The van der Waals surface area contributed by atoms with Gasteiger partial charge < -0.3 is 9.88 Å². The van der Waals surface area contributed by atoms with Crippen molar-refractivity contribution in [2.75, 3.05) is 11.1 Å². The number of benzene rings is 1. The third-order valence-corrected chi connectivity index (χ3v) is 5.85. The highest BCUT2D eigenvalue weighted by atomic mass is 32.2. The number of nitrogens with zero attached hydrogens (tertiary/aromatic N) is 4. The number of hydrogen-bond donors (Lipinski definition) is 1. The van der Waals surface area contributed by atoms with E-state index in [0.717, 1.165) is 34.8 Å². The van der Waals surface area contributed by atoms with E-state index in [2.05, 4.69) is 26.5 Å². The first-order valence-electron chi connectivity index (χ1n) is 9.28. The number of nitrogens with one attached hydrogen (secondary N) is 1. The fourth-order valence-electron chi connectivity index (χ4n) is 3.63. The van der Waals surface area contributed by atoms with Crippen molar-refractivity contribution in [1.29, 1.82) is 0 Å². The van der Waals surface area contributed by atoms with Gasteiger partial charge in [0.1, 0.15) is 5.82 Å². The van der Waals surface area contributed by atoms with Crippen LogP contribution in [0.3, 0.4) is 0 Å². The Morgan fingerprint density at radius 1 is 1.30 bits per heavy atom. The van der Waals surface area contributed by atoms with Crippen LogP contribution in [0, 0.1) is 0 Å². The molecule has 2 heterocycles. The minimum absolute atomic E-state index is 0.0445. The molecule has 7 heteroatoms. The van der Waals surface area contributed by atoms with E-state index >= 15 is 0 Å². The zero-order valence-electron chi connectivity index (χ0n) is 15.2. The van der Waals surface area contributed by atoms with E-state index in [0.29, 0.717) is 18.3 Å². The van der Waals surface area contributed by atoms with Gasteiger partial charge in [0.2, 0.25) is 5.91 Å². The molecule has 0 radical (unpaired) electrons. The number of carbonyl (C=O) groups excluding carboxylic acids is 1. The maximum Gasteiger partial charge on any atom is 0.235 e. The predicted octanol–water partition coefficient (Wildman–Crippen LogP) is 4.26. The number of allylic oxidation sites excluding steroid dienone is 1. The number of fused-ring (bicyclic) bond motifs is 1. The summed E-state index contributed by atoms with van der Waals surface area (Å²) in [4.78, 5) is 17.2. The number of thioether (sulfide) groups is 1. The zero-order valence-corrected chi connectivity index (χ0v) is 16.0. The second-order valence-corrected chi connectivity index (χ2v) is 7.66. The minimum Gasteiger partial charge on any atom is -0.315 e. The maximum atomic E-state index is 12.5. The van der Waals surface area contributed by atoms with E-state index in [4.69, 9.17) is 0 Å². The van der Waals surface area contributed by atoms with Crippen molar-refractivity contribution in [3.05, 3.63) is 49.2 Å². The van der Waals surface area contributed by atoms with Crippen LogP contribution >= 0.6 is 11.8 Å². The number of amides is 1. The second-order valence-electron chi connectivity index (χ2n) is 6.72. The lowest BCUT2D eigenvalue weighted by atomic mass is 10.2. The number of anilines is 1. The number of aromatic nitrogens is 4. The standard InChI is InChI=1S/C20H23N5OS/c1-2-13-24-17-10-6-5-9-16(17)22-20(24)27-14-19(26)23-18-11-12-21-25(18)15-7-3-4-8-15/h2,5-6,9-12,15H,1,3-4,7-8,13-14H2,(H,23,26). The molecular formula is C20H23N5OS. The normalized spacial score (nSPS) is 14.7. The van der Waals surface area contributed by atoms with E-state index in [1.165, 1.54) is 24.6 Å². The van der Waals surface area contributed by atoms with Gasteiger partial charge in [-0.25, -0.2) is 9.67 Å². The maximum absolute atomic E-state index is 12.5. The van der Waals surface area contributed by atoms with E-state index in [1.807, 2.05) is 41.1 Å². The molecule has 27 heavy (non-hydrogen) atoms. The van der Waals surface area contributed by atoms with Gasteiger partial charge in [-0.2, -0.15) is 5.10 Å². The highest BCUT2D eigenvalue weighted by molar-refractivity contribution is 7.99. The van der Waals surface area contributed by atoms with Gasteiger partial charge in [0.15, 0.2) is 5.16 Å². The molecule has 0 unspecified atom stereocenters. The van der Waals surface area contributed by atoms with Gasteiger partial charge in [0.25, 0.3) is 0 Å². The van der Waals surface area contributed by atoms with Gasteiger partial charge in [-0.15, -0.1) is 6.58 Å². The summed E-state index contributed by atoms with van der Waals surface area (Å²) in [5.74, 6) is 1.04. The van der Waals surface area contributed by atoms with Gasteiger partial charge >= 0.3 is 0 Å². The van der Waals surface area contributed by atoms with Crippen LogP contribution in [-0.2, 0) is 11.3 Å². The molecule has 4 rings (SSSR count). The number of para-hydroxylation sites is 2. The third-order valence-electron chi connectivity index (χ3n) is 4.87. The molecular weight excluding hydrogens is 358 g/mol. The van der Waals surface area contributed by atoms with Crippen LogP contribution in [-0.4, -0.2) is 31.0 Å². The van der Waals surface area contributed by atoms with Crippen LogP contribution in [0.5, 0.6) is 0 Å². The Bertz CT molecular complexity index is 954. The van der Waals surface area contributed by atoms with Crippen molar-refractivity contribution in [3.63, 3.8) is 0 Å². The molecule has 6 nitrogen and oxygen atoms in total. The number of rotatable bonds is 7. The van der Waals surface area contributed by atoms with Crippen molar-refractivity contribution in [3.8, 4) is 0 Å². The lowest BCUT2D eigenvalue weighted by Crippen LogP contribution is -2.19. The summed E-state index contributed by atoms with van der Waals surface area (Å²) >= 11 is 1.44. The van der Waals surface area contributed by atoms with E-state index < -0.39 is 0 Å². The summed E-state index contributed by atoms with van der Waals surface area (Å²) in [6.07, 6.45) is 8.32. The topological polar surface area (TPSA) is 64.7 Å². The third kappa shape index (κ3) is 3.78. The summed E-state index contributed by atoms with van der Waals surface area (Å²) in [6.45, 7) is 4.49. The molecule has 1 aliphatic rings. The molecule has 0 bridgehead atoms. The van der Waals surface area contributed by atoms with Gasteiger partial charge in [0, 0.05) is 12.6 Å². The van der Waals surface area contributed by atoms with E-state index in [-0.39, 0.29) is 5.91 Å². The summed E-state index contributed by atoms with van der Waals surface area (Å²) < 4.78 is 4.05. The van der Waals surface area contributed by atoms with E-state index in [9.17, 15) is 4.79 Å². The Labute approximate surface area is 162 Å². The van der Waals surface area contributed by atoms with Crippen molar-refractivity contribution in [1.82, 2.24) is 19.3 Å². The fourth-order valence-corrected chi connectivity index (χ4v) is 4.46. The van der Waals surface area contributed by atoms with Crippen molar-refractivity contribution < 1.29 is 4.79 Å². The van der Waals surface area contributed by atoms with E-state index in [1.54, 1.807) is 6.20 Å². The molecule has 1 fully saturated rings. The molecule has 0 aliphatic heterocycles. The Morgan fingerprint density at radius 2 is 2.11 bits per heavy atom. The molecule has 0 saturated heterocycles. The van der Waals surface area contributed by atoms with Crippen LogP contribution in [0.1, 0.15) is 31.7 Å². The average Bonchev–Trinajstić information content (AvgIpc) is 3.40. The summed E-state index contributed by atoms with van der Waals surface area (Å²) in [7, 11) is 0. The Balaban J connectivity index is 1.44. The van der Waals surface area contributed by atoms with Crippen molar-refractivity contribution in [2.45, 2.75) is 43.4 Å². The largest absolute Gasteiger partial charge is 0.315 e. The first kappa shape index (κ1) is 17.9. The zero-order chi connectivity index (χ0) is 18.6. The summed E-state index contributed by atoms with van der Waals surface area (Å²) in [5.41, 5.74) is 1.99. The molecule has 1 N–H and O–H groups in total. The molecule has 0 atom stereocenters. The van der Waals surface area contributed by atoms with Gasteiger partial charge in [-0.05, 0) is 25.0 Å². The molecule has 1 aromatic carbocycles. The molecule has 1 amide bonds. The minimum atomic E-state index is -0.0445. The Hall–Kier alpha value is -2.54. The number of carbonyl (C=O) groups is 1. The molecule has 140 valence electrons. The molecule has 0 spiro atoms. The molecule has 1 saturated carbocycles. The van der Waals surface area contributed by atoms with Crippen LogP contribution in [0.15, 0.2) is 54.3 Å². The van der Waals surface area contributed by atoms with Crippen molar-refractivity contribution in [2.24, 2.45) is 0 Å². The fraction of sp³-hybridized carbons (Fsp3) is 0.350. The quantitative estimate of drug-likeness (QED) is 0.490. The molecule has 1 aliphatic carbocycles. The second kappa shape index (κ2) is 8.00. The van der Waals surface area contributed by atoms with Crippen LogP contribution < -0.4 is 5.32 Å². The van der Waals surface area contributed by atoms with Crippen LogP contribution in [0.4, 0.5) is 5.82 Å². The lowest BCUT2D eigenvalue weighted by molar-refractivity contribution is -0.113. The molecule has 3 aromatic rings. The van der Waals surface area contributed by atoms with Gasteiger partial charge in [-0.1, -0.05) is 42.8 Å². The Kier molecular flexibility index (Phi) is 5.29. The first-order chi connectivity index (χ1) is 13.3. The predicted molar refractivity (Wildman–Crippen MR) is 109 cm³/mol. The highest BCUT2D eigenvalue weighted by Gasteiger charge is 2.20. The van der Waals surface area contributed by atoms with Crippen LogP contribution in [0.25, 0.3) is 11.0 Å².